The number of rotatable bonds is 9. The fourth-order valence-corrected chi connectivity index (χ4v) is 5.80. The van der Waals surface area contributed by atoms with Gasteiger partial charge in [-0.25, -0.2) is 13.5 Å². The van der Waals surface area contributed by atoms with E-state index in [-0.39, 0.29) is 29.7 Å². The highest BCUT2D eigenvalue weighted by molar-refractivity contribution is 8.00. The third-order valence-corrected chi connectivity index (χ3v) is 7.75. The van der Waals surface area contributed by atoms with Crippen molar-refractivity contribution in [3.63, 3.8) is 0 Å². The second-order valence-corrected chi connectivity index (χ2v) is 11.6. The van der Waals surface area contributed by atoms with E-state index in [1.54, 1.807) is 43.2 Å². The van der Waals surface area contributed by atoms with Crippen LogP contribution < -0.4 is 15.0 Å². The zero-order valence-electron chi connectivity index (χ0n) is 23.3. The van der Waals surface area contributed by atoms with Crippen molar-refractivity contribution in [3.8, 4) is 11.4 Å². The predicted octanol–water partition coefficient (Wildman–Crippen LogP) is 4.78. The van der Waals surface area contributed by atoms with Crippen LogP contribution in [0, 0.1) is 11.6 Å². The van der Waals surface area contributed by atoms with Crippen LogP contribution in [0.25, 0.3) is 5.69 Å². The molecule has 3 aromatic rings. The summed E-state index contributed by atoms with van der Waals surface area (Å²) in [5.41, 5.74) is 1.61. The van der Waals surface area contributed by atoms with Gasteiger partial charge in [-0.15, -0.1) is 11.8 Å². The Bertz CT molecular complexity index is 1370. The van der Waals surface area contributed by atoms with Crippen LogP contribution in [0.3, 0.4) is 0 Å². The molecule has 0 aliphatic carbocycles. The second-order valence-electron chi connectivity index (χ2n) is 10.5. The van der Waals surface area contributed by atoms with Crippen LogP contribution in [0.2, 0.25) is 0 Å². The van der Waals surface area contributed by atoms with Crippen LogP contribution >= 0.6 is 11.8 Å². The topological polar surface area (TPSA) is 85.7 Å². The number of ether oxygens (including phenoxy) is 2. The van der Waals surface area contributed by atoms with Gasteiger partial charge >= 0.3 is 0 Å². The molecule has 0 bridgehead atoms. The molecule has 0 fully saturated rings. The Hall–Kier alpha value is -3.44. The van der Waals surface area contributed by atoms with Crippen molar-refractivity contribution >= 4 is 29.4 Å². The lowest BCUT2D eigenvalue weighted by Gasteiger charge is -2.24. The van der Waals surface area contributed by atoms with Crippen LogP contribution in [0.15, 0.2) is 42.5 Å². The Morgan fingerprint density at radius 1 is 1.15 bits per heavy atom. The van der Waals surface area contributed by atoms with Crippen molar-refractivity contribution in [3.05, 3.63) is 70.9 Å². The van der Waals surface area contributed by atoms with E-state index in [4.69, 9.17) is 14.6 Å². The van der Waals surface area contributed by atoms with E-state index in [9.17, 15) is 14.0 Å². The number of nitrogens with one attached hydrogen (secondary N) is 1. The summed E-state index contributed by atoms with van der Waals surface area (Å²) in [6.45, 7) is 6.59. The first-order valence-electron chi connectivity index (χ1n) is 13.0. The van der Waals surface area contributed by atoms with Gasteiger partial charge in [0.15, 0.2) is 0 Å². The maximum absolute atomic E-state index is 15.2. The Morgan fingerprint density at radius 2 is 1.88 bits per heavy atom. The minimum Gasteiger partial charge on any atom is -0.497 e. The molecule has 2 amide bonds. The van der Waals surface area contributed by atoms with E-state index in [2.05, 4.69) is 5.32 Å². The first kappa shape index (κ1) is 29.5. The lowest BCUT2D eigenvalue weighted by atomic mass is 9.87. The minimum absolute atomic E-state index is 0.0146. The molecule has 0 unspecified atom stereocenters. The summed E-state index contributed by atoms with van der Waals surface area (Å²) in [4.78, 5) is 28.1. The normalized spacial score (nSPS) is 15.5. The summed E-state index contributed by atoms with van der Waals surface area (Å²) >= 11 is 1.23. The van der Waals surface area contributed by atoms with Crippen LogP contribution in [0.5, 0.6) is 5.75 Å². The number of hydrogen-bond donors (Lipinski definition) is 1. The van der Waals surface area contributed by atoms with Crippen LogP contribution in [0.1, 0.15) is 49.3 Å². The van der Waals surface area contributed by atoms with Gasteiger partial charge < -0.3 is 14.8 Å². The molecule has 214 valence electrons. The number of fused-ring (bicyclic) bond motifs is 1. The average molecular weight is 573 g/mol. The van der Waals surface area contributed by atoms with Crippen molar-refractivity contribution in [2.75, 3.05) is 44.6 Å². The minimum atomic E-state index is -0.711. The van der Waals surface area contributed by atoms with Crippen LogP contribution in [-0.4, -0.2) is 61.3 Å². The van der Waals surface area contributed by atoms with Gasteiger partial charge in [0.25, 0.3) is 0 Å². The second kappa shape index (κ2) is 12.4. The molecule has 40 heavy (non-hydrogen) atoms. The van der Waals surface area contributed by atoms with E-state index in [0.29, 0.717) is 48.1 Å². The van der Waals surface area contributed by atoms with Crippen molar-refractivity contribution in [2.45, 2.75) is 37.9 Å². The maximum atomic E-state index is 15.2. The molecule has 2 heterocycles. The first-order valence-corrected chi connectivity index (χ1v) is 14.0. The molecule has 1 aromatic heterocycles. The largest absolute Gasteiger partial charge is 0.497 e. The monoisotopic (exact) mass is 572 g/mol. The molecule has 1 aliphatic heterocycles. The Morgan fingerprint density at radius 3 is 2.50 bits per heavy atom. The zero-order valence-corrected chi connectivity index (χ0v) is 24.1. The van der Waals surface area contributed by atoms with Gasteiger partial charge in [-0.05, 0) is 36.8 Å². The summed E-state index contributed by atoms with van der Waals surface area (Å²) in [5.74, 6) is -1.05. The molecule has 0 spiro atoms. The molecule has 8 nitrogen and oxygen atoms in total. The number of aromatic nitrogens is 2. The highest BCUT2D eigenvalue weighted by Gasteiger charge is 2.40. The smallest absolute Gasteiger partial charge is 0.240 e. The number of nitrogens with zero attached hydrogens (tertiary/aromatic N) is 3. The summed E-state index contributed by atoms with van der Waals surface area (Å²) in [7, 11) is 3.15. The van der Waals surface area contributed by atoms with E-state index in [1.165, 1.54) is 28.8 Å². The first-order chi connectivity index (χ1) is 19.0. The summed E-state index contributed by atoms with van der Waals surface area (Å²) in [6, 6.07) is 10.6. The number of anilines is 1. The van der Waals surface area contributed by atoms with Gasteiger partial charge in [-0.1, -0.05) is 26.8 Å². The van der Waals surface area contributed by atoms with Gasteiger partial charge in [0.05, 0.1) is 29.5 Å². The fourth-order valence-electron chi connectivity index (χ4n) is 4.58. The number of hydrogen-bond acceptors (Lipinski definition) is 6. The van der Waals surface area contributed by atoms with E-state index >= 15 is 4.39 Å². The molecule has 1 atom stereocenters. The summed E-state index contributed by atoms with van der Waals surface area (Å²) in [6.07, 6.45) is 0.626. The zero-order chi connectivity index (χ0) is 29.0. The molecule has 2 aromatic carbocycles. The van der Waals surface area contributed by atoms with Crippen molar-refractivity contribution in [1.82, 2.24) is 15.1 Å². The highest BCUT2D eigenvalue weighted by atomic mass is 32.2. The van der Waals surface area contributed by atoms with Gasteiger partial charge in [-0.3, -0.25) is 14.5 Å². The molecule has 1 N–H and O–H groups in total. The number of carbonyl (C=O) groups excluding carboxylic acids is 2. The van der Waals surface area contributed by atoms with Crippen molar-refractivity contribution in [2.24, 2.45) is 0 Å². The summed E-state index contributed by atoms with van der Waals surface area (Å²) in [5, 5.41) is 7.12. The number of thioether (sulfide) groups is 1. The number of carbonyl (C=O) groups is 2. The average Bonchev–Trinajstić information content (AvgIpc) is 3.25. The molecule has 11 heteroatoms. The van der Waals surface area contributed by atoms with Gasteiger partial charge in [-0.2, -0.15) is 5.10 Å². The van der Waals surface area contributed by atoms with E-state index < -0.39 is 22.3 Å². The molecule has 1 aliphatic rings. The van der Waals surface area contributed by atoms with Crippen molar-refractivity contribution < 1.29 is 27.8 Å². The lowest BCUT2D eigenvalue weighted by Crippen LogP contribution is -2.42. The van der Waals surface area contributed by atoms with Gasteiger partial charge in [0.1, 0.15) is 29.7 Å². The van der Waals surface area contributed by atoms with Gasteiger partial charge in [0, 0.05) is 42.9 Å². The Labute approximate surface area is 237 Å². The number of benzene rings is 2. The van der Waals surface area contributed by atoms with Crippen LogP contribution in [-0.2, 0) is 19.7 Å². The number of amides is 2. The summed E-state index contributed by atoms with van der Waals surface area (Å²) < 4.78 is 41.1. The number of halogens is 2. The quantitative estimate of drug-likeness (QED) is 0.372. The molecule has 0 saturated heterocycles. The maximum Gasteiger partial charge on any atom is 0.240 e. The molecule has 0 radical (unpaired) electrons. The highest BCUT2D eigenvalue weighted by Crippen LogP contribution is 2.49. The molecular formula is C29H34F2N4O4S. The van der Waals surface area contributed by atoms with Gasteiger partial charge in [0.2, 0.25) is 11.8 Å². The third-order valence-electron chi connectivity index (χ3n) is 6.51. The molecule has 0 saturated carbocycles. The predicted molar refractivity (Wildman–Crippen MR) is 151 cm³/mol. The number of methoxy groups -OCH3 is 2. The Kier molecular flexibility index (Phi) is 9.15. The fraction of sp³-hybridized carbons (Fsp3) is 0.414. The van der Waals surface area contributed by atoms with Crippen molar-refractivity contribution in [1.29, 1.82) is 0 Å². The SMILES string of the molecule is COCCCNC(=O)CN1C(=O)CS[C@H](c2ccc(F)cc2F)c2c(C(C)(C)C)nn(-c3ccc(OC)cc3)c21. The molecular weight excluding hydrogens is 538 g/mol. The lowest BCUT2D eigenvalue weighted by molar-refractivity contribution is -0.122. The van der Waals surface area contributed by atoms with E-state index in [1.807, 2.05) is 20.8 Å². The molecule has 4 rings (SSSR count). The Balaban J connectivity index is 1.92. The van der Waals surface area contributed by atoms with Crippen LogP contribution in [0.4, 0.5) is 14.6 Å². The standard InChI is InChI=1S/C29H34F2N4O4S/c1-29(2,3)27-25-26(21-12-7-18(30)15-22(21)31)40-17-24(37)34(16-23(36)32-13-6-14-38-4)28(25)35(33-27)19-8-10-20(39-5)11-9-19/h7-12,15,26H,6,13-14,16-17H2,1-5H3,(H,32,36)/t26-/m1/s1. The third kappa shape index (κ3) is 6.31. The van der Waals surface area contributed by atoms with E-state index in [0.717, 1.165) is 6.07 Å².